The summed E-state index contributed by atoms with van der Waals surface area (Å²) < 4.78 is 0. The first kappa shape index (κ1) is 34.7. The molecule has 0 heterocycles. The molecule has 0 amide bonds. The van der Waals surface area contributed by atoms with Gasteiger partial charge in [0.1, 0.15) is 0 Å². The smallest absolute Gasteiger partial charge is 0.00633 e. The van der Waals surface area contributed by atoms with Crippen molar-refractivity contribution in [2.24, 2.45) is 0 Å². The summed E-state index contributed by atoms with van der Waals surface area (Å²) in [4.78, 5) is 0. The van der Waals surface area contributed by atoms with Crippen LogP contribution in [0.2, 0.25) is 0 Å². The van der Waals surface area contributed by atoms with Crippen LogP contribution >= 0.6 is 21.0 Å². The highest BCUT2D eigenvalue weighted by molar-refractivity contribution is 7.42. The van der Waals surface area contributed by atoms with E-state index in [0.29, 0.717) is 0 Å². The number of unbranched alkanes of at least 4 members (excludes halogenated alkanes) is 15. The second-order valence-corrected chi connectivity index (χ2v) is 11.8. The Kier molecular flexibility index (Phi) is 26.5. The summed E-state index contributed by atoms with van der Waals surface area (Å²) in [7, 11) is 0.997. The molecule has 1 rings (SSSR count). The lowest BCUT2D eigenvalue weighted by molar-refractivity contribution is 0.578. The van der Waals surface area contributed by atoms with Crippen LogP contribution in [0.3, 0.4) is 0 Å². The highest BCUT2D eigenvalue weighted by Crippen LogP contribution is 2.38. The quantitative estimate of drug-likeness (QED) is 0.0934. The molecule has 0 aliphatic heterocycles. The fourth-order valence-electron chi connectivity index (χ4n) is 4.94. The number of rotatable bonds is 24. The van der Waals surface area contributed by atoms with E-state index >= 15 is 0 Å². The van der Waals surface area contributed by atoms with E-state index in [1.54, 1.807) is 0 Å². The molecular formula is C33H60ClP. The molecule has 0 aromatic heterocycles. The molecule has 0 N–H and O–H groups in total. The fraction of sp³-hybridized carbons (Fsp3) is 0.758. The van der Waals surface area contributed by atoms with Gasteiger partial charge in [0.2, 0.25) is 0 Å². The summed E-state index contributed by atoms with van der Waals surface area (Å²) >= 11 is 0. The normalized spacial score (nSPS) is 11.2. The number of hydrogen-bond acceptors (Lipinski definition) is 0. The van der Waals surface area contributed by atoms with Crippen molar-refractivity contribution in [3.05, 3.63) is 46.8 Å². The van der Waals surface area contributed by atoms with E-state index in [1.807, 2.05) is 10.9 Å². The van der Waals surface area contributed by atoms with Gasteiger partial charge in [-0.25, -0.2) is 0 Å². The van der Waals surface area contributed by atoms with E-state index in [-0.39, 0.29) is 12.4 Å². The van der Waals surface area contributed by atoms with Crippen molar-refractivity contribution in [2.45, 2.75) is 162 Å². The zero-order valence-corrected chi connectivity index (χ0v) is 25.7. The van der Waals surface area contributed by atoms with Crippen LogP contribution in [0.1, 0.15) is 161 Å². The Balaban J connectivity index is 0.0000116. The SMILES string of the molecule is CCCCCCCCC(CCCCCCCC)=C(CCCCCCCC)PCc1ccccc1.Cl. The minimum Gasteiger partial charge on any atom is -0.147 e. The fourth-order valence-corrected chi connectivity index (χ4v) is 6.45. The lowest BCUT2D eigenvalue weighted by Gasteiger charge is -2.17. The van der Waals surface area contributed by atoms with Gasteiger partial charge in [0.15, 0.2) is 0 Å². The van der Waals surface area contributed by atoms with Gasteiger partial charge in [-0.05, 0) is 55.6 Å². The lowest BCUT2D eigenvalue weighted by Crippen LogP contribution is -1.94. The van der Waals surface area contributed by atoms with Gasteiger partial charge in [0, 0.05) is 0 Å². The minimum atomic E-state index is 0. The topological polar surface area (TPSA) is 0 Å². The zero-order chi connectivity index (χ0) is 24.5. The third kappa shape index (κ3) is 20.4. The van der Waals surface area contributed by atoms with Crippen LogP contribution in [0.25, 0.3) is 0 Å². The number of halogens is 1. The van der Waals surface area contributed by atoms with Crippen LogP contribution in [0, 0.1) is 0 Å². The molecule has 204 valence electrons. The van der Waals surface area contributed by atoms with E-state index in [0.717, 1.165) is 8.58 Å². The molecule has 1 aromatic carbocycles. The van der Waals surface area contributed by atoms with E-state index in [4.69, 9.17) is 0 Å². The Morgan fingerprint density at radius 2 is 0.914 bits per heavy atom. The van der Waals surface area contributed by atoms with Crippen molar-refractivity contribution in [3.8, 4) is 0 Å². The molecule has 1 unspecified atom stereocenters. The first-order valence-corrected chi connectivity index (χ1v) is 16.5. The van der Waals surface area contributed by atoms with Gasteiger partial charge < -0.3 is 0 Å². The molecule has 0 nitrogen and oxygen atoms in total. The summed E-state index contributed by atoms with van der Waals surface area (Å²) in [5, 5.41) is 1.88. The lowest BCUT2D eigenvalue weighted by atomic mass is 9.97. The van der Waals surface area contributed by atoms with Gasteiger partial charge in [-0.15, -0.1) is 12.4 Å². The Morgan fingerprint density at radius 1 is 0.514 bits per heavy atom. The maximum Gasteiger partial charge on any atom is -0.00633 e. The van der Waals surface area contributed by atoms with E-state index in [9.17, 15) is 0 Å². The Hall–Kier alpha value is -0.320. The van der Waals surface area contributed by atoms with E-state index in [1.165, 1.54) is 147 Å². The maximum absolute atomic E-state index is 2.33. The van der Waals surface area contributed by atoms with Crippen LogP contribution < -0.4 is 0 Å². The average Bonchev–Trinajstić information content (AvgIpc) is 2.87. The first-order valence-electron chi connectivity index (χ1n) is 15.3. The van der Waals surface area contributed by atoms with Gasteiger partial charge in [-0.1, -0.05) is 162 Å². The number of benzene rings is 1. The largest absolute Gasteiger partial charge is 0.147 e. The molecule has 0 saturated heterocycles. The average molecular weight is 523 g/mol. The minimum absolute atomic E-state index is 0. The van der Waals surface area contributed by atoms with Crippen molar-refractivity contribution in [3.63, 3.8) is 0 Å². The molecule has 0 spiro atoms. The predicted octanol–water partition coefficient (Wildman–Crippen LogP) is 12.8. The summed E-state index contributed by atoms with van der Waals surface area (Å²) in [5.74, 6) is 0. The highest BCUT2D eigenvalue weighted by atomic mass is 35.5. The summed E-state index contributed by atoms with van der Waals surface area (Å²) in [6, 6.07) is 11.2. The molecule has 1 aromatic rings. The van der Waals surface area contributed by atoms with Gasteiger partial charge in [-0.3, -0.25) is 0 Å². The summed E-state index contributed by atoms with van der Waals surface area (Å²) in [6.07, 6.45) is 30.9. The summed E-state index contributed by atoms with van der Waals surface area (Å²) in [6.45, 7) is 6.97. The van der Waals surface area contributed by atoms with E-state index < -0.39 is 0 Å². The molecule has 0 fully saturated rings. The first-order chi connectivity index (χ1) is 16.8. The second-order valence-electron chi connectivity index (χ2n) is 10.5. The molecular weight excluding hydrogens is 463 g/mol. The van der Waals surface area contributed by atoms with Crippen LogP contribution in [-0.2, 0) is 6.16 Å². The zero-order valence-electron chi connectivity index (χ0n) is 23.9. The van der Waals surface area contributed by atoms with Crippen molar-refractivity contribution in [1.29, 1.82) is 0 Å². The third-order valence-electron chi connectivity index (χ3n) is 7.22. The molecule has 1 atom stereocenters. The molecule has 0 saturated carbocycles. The van der Waals surface area contributed by atoms with E-state index in [2.05, 4.69) is 51.1 Å². The molecule has 0 aliphatic carbocycles. The van der Waals surface area contributed by atoms with Crippen molar-refractivity contribution in [1.82, 2.24) is 0 Å². The molecule has 0 radical (unpaired) electrons. The van der Waals surface area contributed by atoms with Crippen LogP contribution in [-0.4, -0.2) is 0 Å². The monoisotopic (exact) mass is 522 g/mol. The van der Waals surface area contributed by atoms with Crippen LogP contribution in [0.5, 0.6) is 0 Å². The van der Waals surface area contributed by atoms with Gasteiger partial charge in [-0.2, -0.15) is 0 Å². The number of allylic oxidation sites excluding steroid dienone is 2. The van der Waals surface area contributed by atoms with Crippen molar-refractivity contribution < 1.29 is 0 Å². The number of hydrogen-bond donors (Lipinski definition) is 0. The third-order valence-corrected chi connectivity index (χ3v) is 8.84. The summed E-state index contributed by atoms with van der Waals surface area (Å²) in [5.41, 5.74) is 3.41. The van der Waals surface area contributed by atoms with Crippen molar-refractivity contribution >= 4 is 21.0 Å². The Morgan fingerprint density at radius 3 is 1.37 bits per heavy atom. The standard InChI is InChI=1S/C33H59P.ClH/c1-4-7-10-13-16-22-27-32(28-23-17-14-11-8-5-2)33(29-24-18-15-12-9-6-3)34-30-31-25-20-19-21-26-31;/h19-21,25-26,34H,4-18,22-24,27-30H2,1-3H3;1H. The molecule has 0 aliphatic rings. The van der Waals surface area contributed by atoms with Crippen LogP contribution in [0.15, 0.2) is 41.2 Å². The van der Waals surface area contributed by atoms with Gasteiger partial charge >= 0.3 is 0 Å². The van der Waals surface area contributed by atoms with Gasteiger partial charge in [0.05, 0.1) is 0 Å². The predicted molar refractivity (Wildman–Crippen MR) is 167 cm³/mol. The van der Waals surface area contributed by atoms with Crippen molar-refractivity contribution in [2.75, 3.05) is 0 Å². The molecule has 2 heteroatoms. The Bertz CT molecular complexity index is 562. The van der Waals surface area contributed by atoms with Gasteiger partial charge in [0.25, 0.3) is 0 Å². The molecule has 0 bridgehead atoms. The molecule has 35 heavy (non-hydrogen) atoms. The van der Waals surface area contributed by atoms with Crippen LogP contribution in [0.4, 0.5) is 0 Å². The highest BCUT2D eigenvalue weighted by Gasteiger charge is 2.09. The second kappa shape index (κ2) is 26.7. The Labute approximate surface area is 229 Å². The maximum atomic E-state index is 2.33.